The maximum atomic E-state index is 12.1. The molecule has 146 valence electrons. The van der Waals surface area contributed by atoms with Gasteiger partial charge < -0.3 is 16.5 Å². The fraction of sp³-hybridized carbons (Fsp3) is 0.261. The van der Waals surface area contributed by atoms with Crippen LogP contribution in [0.3, 0.4) is 0 Å². The van der Waals surface area contributed by atoms with E-state index in [2.05, 4.69) is 28.9 Å². The molecule has 1 heterocycles. The summed E-state index contributed by atoms with van der Waals surface area (Å²) in [5.74, 6) is 0.300. The Labute approximate surface area is 214 Å². The number of amides is 1. The Hall–Kier alpha value is -1.44. The number of nitrogens with zero attached hydrogens (tertiary/aromatic N) is 1. The zero-order chi connectivity index (χ0) is 19.9. The van der Waals surface area contributed by atoms with Crippen LogP contribution in [0, 0.1) is 26.2 Å². The van der Waals surface area contributed by atoms with Crippen molar-refractivity contribution >= 4 is 28.8 Å². The largest absolute Gasteiger partial charge is 1.00 e. The van der Waals surface area contributed by atoms with Crippen LogP contribution >= 0.6 is 0 Å². The summed E-state index contributed by atoms with van der Waals surface area (Å²) < 4.78 is 0. The molecular formula is C23H24KN3O2-2. The molecule has 2 aromatic carbocycles. The second-order valence-electron chi connectivity index (χ2n) is 7.00. The van der Waals surface area contributed by atoms with Crippen LogP contribution in [-0.2, 0) is 9.59 Å². The molecule has 1 aromatic heterocycles. The monoisotopic (exact) mass is 413 g/mol. The second-order valence-corrected chi connectivity index (χ2v) is 7.00. The molecule has 0 radical (unpaired) electrons. The first-order valence-corrected chi connectivity index (χ1v) is 9.44. The number of fused-ring (bicyclic) bond motifs is 1. The van der Waals surface area contributed by atoms with E-state index < -0.39 is 0 Å². The number of aryl methyl sites for hydroxylation is 1. The van der Waals surface area contributed by atoms with Gasteiger partial charge >= 0.3 is 51.4 Å². The van der Waals surface area contributed by atoms with Gasteiger partial charge in [-0.1, -0.05) is 19.8 Å². The van der Waals surface area contributed by atoms with Crippen LogP contribution in [0.25, 0.3) is 10.9 Å². The topological polar surface area (TPSA) is 74.8 Å². The number of hydrogen-bond donors (Lipinski definition) is 2. The summed E-state index contributed by atoms with van der Waals surface area (Å²) in [7, 11) is 0. The van der Waals surface area contributed by atoms with Crippen molar-refractivity contribution in [2.45, 2.75) is 32.6 Å². The van der Waals surface area contributed by atoms with Crippen LogP contribution in [0.1, 0.15) is 42.4 Å². The van der Waals surface area contributed by atoms with Crippen molar-refractivity contribution in [2.24, 2.45) is 5.92 Å². The van der Waals surface area contributed by atoms with E-state index in [1.54, 1.807) is 12.3 Å². The Balaban J connectivity index is 0.000000234. The Morgan fingerprint density at radius 1 is 1.28 bits per heavy atom. The molecule has 3 aromatic rings. The summed E-state index contributed by atoms with van der Waals surface area (Å²) in [5.41, 5.74) is 4.15. The molecule has 29 heavy (non-hydrogen) atoms. The van der Waals surface area contributed by atoms with E-state index in [9.17, 15) is 9.59 Å². The smallest absolute Gasteiger partial charge is 0.391 e. The molecule has 1 amide bonds. The molecule has 0 spiro atoms. The number of H-pyrrole nitrogens is 1. The van der Waals surface area contributed by atoms with Crippen molar-refractivity contribution in [3.63, 3.8) is 0 Å². The van der Waals surface area contributed by atoms with E-state index >= 15 is 0 Å². The van der Waals surface area contributed by atoms with Gasteiger partial charge in [0.1, 0.15) is 0 Å². The van der Waals surface area contributed by atoms with Crippen LogP contribution in [-0.4, -0.2) is 22.4 Å². The second kappa shape index (κ2) is 11.7. The molecule has 1 saturated carbocycles. The Morgan fingerprint density at radius 2 is 2.03 bits per heavy atom. The van der Waals surface area contributed by atoms with Gasteiger partial charge in [0.2, 0.25) is 5.91 Å². The van der Waals surface area contributed by atoms with E-state index in [0.29, 0.717) is 5.56 Å². The fourth-order valence-corrected chi connectivity index (χ4v) is 3.25. The maximum absolute atomic E-state index is 12.1. The zero-order valence-corrected chi connectivity index (χ0v) is 20.1. The van der Waals surface area contributed by atoms with Gasteiger partial charge in [0.25, 0.3) is 0 Å². The van der Waals surface area contributed by atoms with Gasteiger partial charge in [0.15, 0.2) is 0 Å². The summed E-state index contributed by atoms with van der Waals surface area (Å²) >= 11 is 0. The van der Waals surface area contributed by atoms with Gasteiger partial charge in [0, 0.05) is 17.0 Å². The van der Waals surface area contributed by atoms with Gasteiger partial charge in [-0.15, -0.1) is 12.1 Å². The SMILES string of the molecule is O=C(Nc1ccc2cn[nH]c2c1)C1CC[CH-]CC1.[CH2-]c1c(C)cccc1[C-]=O.[K+]. The van der Waals surface area contributed by atoms with Crippen molar-refractivity contribution in [1.82, 2.24) is 10.2 Å². The molecule has 0 atom stereocenters. The number of aromatic amines is 1. The minimum atomic E-state index is 0. The number of anilines is 1. The molecule has 0 saturated heterocycles. The fourth-order valence-electron chi connectivity index (χ4n) is 3.25. The molecular weight excluding hydrogens is 389 g/mol. The molecule has 1 aliphatic carbocycles. The number of rotatable bonds is 3. The normalized spacial score (nSPS) is 13.7. The zero-order valence-electron chi connectivity index (χ0n) is 17.0. The molecule has 0 bridgehead atoms. The van der Waals surface area contributed by atoms with Gasteiger partial charge in [-0.05, 0) is 24.5 Å². The van der Waals surface area contributed by atoms with Crippen LogP contribution < -0.4 is 56.7 Å². The predicted molar refractivity (Wildman–Crippen MR) is 111 cm³/mol. The molecule has 0 aliphatic heterocycles. The number of carbonyl (C=O) groups is 1. The maximum Gasteiger partial charge on any atom is 1.00 e. The number of hydrogen-bond acceptors (Lipinski definition) is 3. The first-order valence-electron chi connectivity index (χ1n) is 9.44. The first kappa shape index (κ1) is 23.8. The van der Waals surface area contributed by atoms with Crippen molar-refractivity contribution in [1.29, 1.82) is 0 Å². The van der Waals surface area contributed by atoms with E-state index in [0.717, 1.165) is 53.4 Å². The third-order valence-electron chi connectivity index (χ3n) is 5.04. The van der Waals surface area contributed by atoms with Crippen LogP contribution in [0.15, 0.2) is 42.6 Å². The van der Waals surface area contributed by atoms with E-state index in [-0.39, 0.29) is 63.2 Å². The number of benzene rings is 2. The molecule has 1 fully saturated rings. The Bertz CT molecular complexity index is 962. The molecule has 0 unspecified atom stereocenters. The molecule has 5 nitrogen and oxygen atoms in total. The standard InChI is InChI=1S/C14H16N3O.C9H8O.K/c18-14(10-4-2-1-3-5-10)16-12-7-6-11-9-15-17-13(11)8-12;1-7-4-3-5-9(6-10)8(7)2;/h1,6-10H,2-5H2,(H,15,17)(H,16,18);3-5H,2H2,1H3;/q-1;-2;+1. The molecule has 1 aliphatic rings. The Morgan fingerprint density at radius 3 is 2.72 bits per heavy atom. The number of carbonyl (C=O) groups excluding carboxylic acids is 2. The quantitative estimate of drug-likeness (QED) is 0.505. The summed E-state index contributed by atoms with van der Waals surface area (Å²) in [5, 5.41) is 10.9. The van der Waals surface area contributed by atoms with Crippen molar-refractivity contribution in [3.05, 3.63) is 72.6 Å². The summed E-state index contributed by atoms with van der Waals surface area (Å²) in [6.07, 6.45) is 9.91. The van der Waals surface area contributed by atoms with Crippen molar-refractivity contribution in [2.75, 3.05) is 5.32 Å². The third-order valence-corrected chi connectivity index (χ3v) is 5.04. The number of aromatic nitrogens is 2. The molecule has 6 heteroatoms. The predicted octanol–water partition coefficient (Wildman–Crippen LogP) is 1.53. The molecule has 4 rings (SSSR count). The van der Waals surface area contributed by atoms with Crippen molar-refractivity contribution in [3.8, 4) is 0 Å². The van der Waals surface area contributed by atoms with Gasteiger partial charge in [-0.25, -0.2) is 11.6 Å². The third kappa shape index (κ3) is 6.52. The average Bonchev–Trinajstić information content (AvgIpc) is 3.19. The van der Waals surface area contributed by atoms with Gasteiger partial charge in [0.05, 0.1) is 11.7 Å². The van der Waals surface area contributed by atoms with E-state index in [1.165, 1.54) is 0 Å². The van der Waals surface area contributed by atoms with Crippen LogP contribution in [0.5, 0.6) is 0 Å². The summed E-state index contributed by atoms with van der Waals surface area (Å²) in [6, 6.07) is 11.3. The first-order chi connectivity index (χ1) is 13.6. The average molecular weight is 414 g/mol. The van der Waals surface area contributed by atoms with E-state index in [4.69, 9.17) is 0 Å². The minimum absolute atomic E-state index is 0. The van der Waals surface area contributed by atoms with Crippen LogP contribution in [0.4, 0.5) is 5.69 Å². The summed E-state index contributed by atoms with van der Waals surface area (Å²) in [4.78, 5) is 22.3. The Kier molecular flexibility index (Phi) is 9.59. The number of nitrogens with one attached hydrogen (secondary N) is 2. The van der Waals surface area contributed by atoms with Gasteiger partial charge in [-0.3, -0.25) is 27.9 Å². The van der Waals surface area contributed by atoms with Crippen molar-refractivity contribution < 1.29 is 61.0 Å². The van der Waals surface area contributed by atoms with Gasteiger partial charge in [-0.2, -0.15) is 17.9 Å². The minimum Gasteiger partial charge on any atom is -0.391 e. The molecule has 2 N–H and O–H groups in total. The van der Waals surface area contributed by atoms with Crippen LogP contribution in [0.2, 0.25) is 0 Å². The summed E-state index contributed by atoms with van der Waals surface area (Å²) in [6.45, 7) is 5.65. The van der Waals surface area contributed by atoms with E-state index in [1.807, 2.05) is 43.5 Å².